The van der Waals surface area contributed by atoms with Gasteiger partial charge in [-0.3, -0.25) is 4.79 Å². The number of benzene rings is 2. The van der Waals surface area contributed by atoms with E-state index < -0.39 is 0 Å². The van der Waals surface area contributed by atoms with E-state index in [1.165, 1.54) is 9.78 Å². The normalized spacial score (nSPS) is 12.3. The summed E-state index contributed by atoms with van der Waals surface area (Å²) < 4.78 is 5.74. The number of likely N-dealkylation sites (N-methyl/N-ethyl adjacent to an activating group) is 1. The third kappa shape index (κ3) is 4.36. The van der Waals surface area contributed by atoms with Gasteiger partial charge < -0.3 is 15.0 Å². The van der Waals surface area contributed by atoms with Crippen molar-refractivity contribution in [2.24, 2.45) is 0 Å². The molecule has 0 aliphatic rings. The highest BCUT2D eigenvalue weighted by atomic mass is 35.5. The highest BCUT2D eigenvalue weighted by molar-refractivity contribution is 7.10. The Hall–Kier alpha value is -2.08. The fourth-order valence-corrected chi connectivity index (χ4v) is 4.03. The van der Waals surface area contributed by atoms with Crippen LogP contribution >= 0.6 is 22.9 Å². The second kappa shape index (κ2) is 8.54. The minimum absolute atomic E-state index is 0.0223. The molecule has 1 atom stereocenters. The van der Waals surface area contributed by atoms with Crippen molar-refractivity contribution in [1.29, 1.82) is 0 Å². The first-order valence-corrected chi connectivity index (χ1v) is 9.72. The van der Waals surface area contributed by atoms with Crippen molar-refractivity contribution in [1.82, 2.24) is 5.32 Å². The van der Waals surface area contributed by atoms with Gasteiger partial charge in [-0.2, -0.15) is 0 Å². The van der Waals surface area contributed by atoms with Crippen LogP contribution in [0.15, 0.2) is 53.9 Å². The van der Waals surface area contributed by atoms with Crippen LogP contribution in [0.1, 0.15) is 10.9 Å². The van der Waals surface area contributed by atoms with Gasteiger partial charge in [0.2, 0.25) is 0 Å². The molecular weight excluding hydrogens is 368 g/mol. The van der Waals surface area contributed by atoms with Crippen molar-refractivity contribution < 1.29 is 14.4 Å². The molecule has 1 aromatic heterocycles. The Labute approximate surface area is 162 Å². The molecule has 3 rings (SSSR count). The van der Waals surface area contributed by atoms with E-state index in [1.54, 1.807) is 23.5 Å². The molecule has 0 radical (unpaired) electrons. The first kappa shape index (κ1) is 18.7. The van der Waals surface area contributed by atoms with E-state index in [4.69, 9.17) is 16.3 Å². The minimum atomic E-state index is -0.133. The van der Waals surface area contributed by atoms with Gasteiger partial charge in [-0.25, -0.2) is 0 Å². The van der Waals surface area contributed by atoms with E-state index >= 15 is 0 Å². The van der Waals surface area contributed by atoms with Crippen LogP contribution in [0.5, 0.6) is 5.75 Å². The predicted molar refractivity (Wildman–Crippen MR) is 107 cm³/mol. The first-order chi connectivity index (χ1) is 12.6. The summed E-state index contributed by atoms with van der Waals surface area (Å²) in [6.45, 7) is 0.554. The third-order valence-corrected chi connectivity index (χ3v) is 5.59. The van der Waals surface area contributed by atoms with Crippen LogP contribution in [-0.4, -0.2) is 33.2 Å². The maximum atomic E-state index is 12.2. The van der Waals surface area contributed by atoms with E-state index in [9.17, 15) is 4.79 Å². The van der Waals surface area contributed by atoms with Crippen molar-refractivity contribution in [3.63, 3.8) is 0 Å². The molecule has 4 nitrogen and oxygen atoms in total. The molecule has 0 saturated heterocycles. The molecule has 0 spiro atoms. The Kier molecular flexibility index (Phi) is 6.14. The van der Waals surface area contributed by atoms with Gasteiger partial charge >= 0.3 is 0 Å². The molecule has 0 bridgehead atoms. The molecule has 0 aliphatic heterocycles. The predicted octanol–water partition coefficient (Wildman–Crippen LogP) is 2.94. The quantitative estimate of drug-likeness (QED) is 0.652. The van der Waals surface area contributed by atoms with Gasteiger partial charge in [-0.05, 0) is 23.6 Å². The maximum absolute atomic E-state index is 12.2. The zero-order chi connectivity index (χ0) is 18.5. The van der Waals surface area contributed by atoms with Crippen LogP contribution in [0.4, 0.5) is 0 Å². The smallest absolute Gasteiger partial charge is 0.258 e. The SMILES string of the molecule is C[NH+](C)[C@H](CNC(=O)COc1ccc(Cl)c2ccccc12)c1cccs1. The summed E-state index contributed by atoms with van der Waals surface area (Å²) in [6.07, 6.45) is 0. The third-order valence-electron chi connectivity index (χ3n) is 4.28. The standard InChI is InChI=1S/C20H21ClN2O2S/c1-23(2)17(19-8-5-11-26-19)12-22-20(24)13-25-18-10-9-16(21)14-6-3-4-7-15(14)18/h3-11,17H,12-13H2,1-2H3,(H,22,24)/p+1/t17-/m1/s1. The van der Waals surface area contributed by atoms with Crippen LogP contribution in [0.3, 0.4) is 0 Å². The lowest BCUT2D eigenvalue weighted by atomic mass is 10.1. The average Bonchev–Trinajstić information content (AvgIpc) is 3.15. The van der Waals surface area contributed by atoms with E-state index in [2.05, 4.69) is 30.9 Å². The molecule has 136 valence electrons. The van der Waals surface area contributed by atoms with Crippen molar-refractivity contribution in [2.45, 2.75) is 6.04 Å². The van der Waals surface area contributed by atoms with Crippen LogP contribution in [0.25, 0.3) is 10.8 Å². The van der Waals surface area contributed by atoms with Gasteiger partial charge in [0, 0.05) is 15.8 Å². The summed E-state index contributed by atoms with van der Waals surface area (Å²) in [5.74, 6) is 0.528. The number of quaternary nitrogens is 1. The molecule has 26 heavy (non-hydrogen) atoms. The Morgan fingerprint density at radius 1 is 1.15 bits per heavy atom. The van der Waals surface area contributed by atoms with Gasteiger partial charge in [0.1, 0.15) is 11.8 Å². The van der Waals surface area contributed by atoms with E-state index in [-0.39, 0.29) is 18.6 Å². The zero-order valence-corrected chi connectivity index (χ0v) is 16.4. The molecule has 1 amide bonds. The highest BCUT2D eigenvalue weighted by Gasteiger charge is 2.19. The molecule has 0 unspecified atom stereocenters. The highest BCUT2D eigenvalue weighted by Crippen LogP contribution is 2.31. The zero-order valence-electron chi connectivity index (χ0n) is 14.8. The summed E-state index contributed by atoms with van der Waals surface area (Å²) in [7, 11) is 4.18. The van der Waals surface area contributed by atoms with Crippen LogP contribution in [-0.2, 0) is 4.79 Å². The number of carbonyl (C=O) groups excluding carboxylic acids is 1. The Morgan fingerprint density at radius 3 is 2.62 bits per heavy atom. The monoisotopic (exact) mass is 389 g/mol. The summed E-state index contributed by atoms with van der Waals surface area (Å²) in [5.41, 5.74) is 0. The van der Waals surface area contributed by atoms with E-state index in [0.717, 1.165) is 10.8 Å². The number of ether oxygens (including phenoxy) is 1. The number of hydrogen-bond donors (Lipinski definition) is 2. The second-order valence-electron chi connectivity index (χ2n) is 6.33. The van der Waals surface area contributed by atoms with Crippen molar-refractivity contribution in [2.75, 3.05) is 27.2 Å². The molecule has 6 heteroatoms. The molecule has 0 saturated carbocycles. The molecule has 0 fully saturated rings. The van der Waals surface area contributed by atoms with Gasteiger partial charge in [-0.1, -0.05) is 41.9 Å². The summed E-state index contributed by atoms with van der Waals surface area (Å²) in [6, 6.07) is 15.7. The van der Waals surface area contributed by atoms with Gasteiger partial charge in [0.25, 0.3) is 5.91 Å². The molecule has 2 aromatic carbocycles. The number of halogens is 1. The number of rotatable bonds is 7. The fourth-order valence-electron chi connectivity index (χ4n) is 2.85. The topological polar surface area (TPSA) is 42.8 Å². The lowest BCUT2D eigenvalue weighted by Crippen LogP contribution is -3.06. The van der Waals surface area contributed by atoms with Crippen molar-refractivity contribution in [3.05, 3.63) is 63.8 Å². The van der Waals surface area contributed by atoms with E-state index in [1.807, 2.05) is 30.3 Å². The van der Waals surface area contributed by atoms with Crippen LogP contribution < -0.4 is 15.0 Å². The Bertz CT molecular complexity index is 881. The summed E-state index contributed by atoms with van der Waals surface area (Å²) >= 11 is 7.93. The summed E-state index contributed by atoms with van der Waals surface area (Å²) in [4.78, 5) is 14.8. The molecule has 2 N–H and O–H groups in total. The maximum Gasteiger partial charge on any atom is 0.258 e. The lowest BCUT2D eigenvalue weighted by Gasteiger charge is -2.20. The average molecular weight is 390 g/mol. The van der Waals surface area contributed by atoms with E-state index in [0.29, 0.717) is 17.3 Å². The largest absolute Gasteiger partial charge is 0.483 e. The Balaban J connectivity index is 1.60. The number of nitrogens with one attached hydrogen (secondary N) is 2. The molecule has 1 heterocycles. The Morgan fingerprint density at radius 2 is 1.92 bits per heavy atom. The first-order valence-electron chi connectivity index (χ1n) is 8.46. The minimum Gasteiger partial charge on any atom is -0.483 e. The lowest BCUT2D eigenvalue weighted by molar-refractivity contribution is -0.890. The number of carbonyl (C=O) groups is 1. The number of thiophene rings is 1. The number of hydrogen-bond acceptors (Lipinski definition) is 3. The molecular formula is C20H22ClN2O2S+. The van der Waals surface area contributed by atoms with Gasteiger partial charge in [0.15, 0.2) is 6.61 Å². The summed E-state index contributed by atoms with van der Waals surface area (Å²) in [5, 5.41) is 7.53. The van der Waals surface area contributed by atoms with Crippen molar-refractivity contribution >= 4 is 39.6 Å². The van der Waals surface area contributed by atoms with Crippen LogP contribution in [0.2, 0.25) is 5.02 Å². The van der Waals surface area contributed by atoms with Gasteiger partial charge in [-0.15, -0.1) is 11.3 Å². The second-order valence-corrected chi connectivity index (χ2v) is 7.72. The fraction of sp³-hybridized carbons (Fsp3) is 0.250. The van der Waals surface area contributed by atoms with Crippen LogP contribution in [0, 0.1) is 0 Å². The number of amides is 1. The molecule has 0 aliphatic carbocycles. The van der Waals surface area contributed by atoms with Crippen molar-refractivity contribution in [3.8, 4) is 5.75 Å². The molecule has 3 aromatic rings. The van der Waals surface area contributed by atoms with Gasteiger partial charge in [0.05, 0.1) is 25.5 Å². The number of fused-ring (bicyclic) bond motifs is 1.